The summed E-state index contributed by atoms with van der Waals surface area (Å²) in [6.07, 6.45) is 0. The Labute approximate surface area is 64.8 Å². The molecule has 0 aliphatic heterocycles. The lowest BCUT2D eigenvalue weighted by molar-refractivity contribution is 0.262. The maximum atomic E-state index is 2.53. The summed E-state index contributed by atoms with van der Waals surface area (Å²) in [6.45, 7) is 9.24. The molecule has 0 aromatic rings. The Balaban J connectivity index is 3.88. The molecular weight excluding hydrogens is 142 g/mol. The van der Waals surface area contributed by atoms with Crippen LogP contribution in [0.3, 0.4) is 0 Å². The van der Waals surface area contributed by atoms with Crippen LogP contribution in [0.1, 0.15) is 27.7 Å². The molecule has 1 atom stereocenters. The van der Waals surface area contributed by atoms with Crippen molar-refractivity contribution in [2.45, 2.75) is 33.7 Å². The predicted octanol–water partition coefficient (Wildman–Crippen LogP) is -0.716. The smallest absolute Gasteiger partial charge is 0.0700 e. The summed E-state index contributed by atoms with van der Waals surface area (Å²) < 4.78 is 2.53. The molecule has 3 heteroatoms. The zero-order chi connectivity index (χ0) is 7.65. The minimum Gasteiger partial charge on any atom is -0.358 e. The van der Waals surface area contributed by atoms with Gasteiger partial charge < -0.3 is 4.23 Å². The molecule has 0 unspecified atom stereocenters. The molecular formula is C6H19NSi2. The second kappa shape index (κ2) is 2.99. The highest BCUT2D eigenvalue weighted by atomic mass is 28.2. The number of rotatable bonds is 1. The highest BCUT2D eigenvalue weighted by Crippen LogP contribution is 2.20. The van der Waals surface area contributed by atoms with E-state index in [1.165, 1.54) is 20.8 Å². The third kappa shape index (κ3) is 3.18. The summed E-state index contributed by atoms with van der Waals surface area (Å²) in [5.74, 6) is 0. The molecule has 9 heavy (non-hydrogen) atoms. The molecule has 0 fully saturated rings. The maximum Gasteiger partial charge on any atom is 0.0700 e. The quantitative estimate of drug-likeness (QED) is 0.459. The van der Waals surface area contributed by atoms with Crippen molar-refractivity contribution in [3.63, 3.8) is 0 Å². The average molecular weight is 161 g/mol. The van der Waals surface area contributed by atoms with E-state index >= 15 is 0 Å². The molecule has 0 radical (unpaired) electrons. The van der Waals surface area contributed by atoms with Crippen LogP contribution in [0.15, 0.2) is 0 Å². The fourth-order valence-corrected chi connectivity index (χ4v) is 2.32. The molecule has 0 aliphatic carbocycles. The van der Waals surface area contributed by atoms with Gasteiger partial charge in [-0.1, -0.05) is 27.7 Å². The van der Waals surface area contributed by atoms with Gasteiger partial charge in [-0.25, -0.2) is 0 Å². The van der Waals surface area contributed by atoms with E-state index in [1.807, 2.05) is 0 Å². The van der Waals surface area contributed by atoms with Crippen LogP contribution in [0, 0.1) is 5.41 Å². The van der Waals surface area contributed by atoms with E-state index in [1.54, 1.807) is 0 Å². The number of nitrogens with zero attached hydrogens (tertiary/aromatic N) is 1. The van der Waals surface area contributed by atoms with Gasteiger partial charge in [-0.05, 0) is 11.5 Å². The van der Waals surface area contributed by atoms with Crippen molar-refractivity contribution < 1.29 is 0 Å². The first-order valence-electron chi connectivity index (χ1n) is 3.52. The molecule has 0 saturated heterocycles. The van der Waals surface area contributed by atoms with E-state index in [4.69, 9.17) is 0 Å². The highest BCUT2D eigenvalue weighted by Gasteiger charge is 2.20. The average Bonchev–Trinajstić information content (AvgIpc) is 1.62. The summed E-state index contributed by atoms with van der Waals surface area (Å²) in [5, 5.41) is 0. The van der Waals surface area contributed by atoms with E-state index in [-0.39, 0.29) is 0 Å². The largest absolute Gasteiger partial charge is 0.358 e. The molecule has 0 heterocycles. The van der Waals surface area contributed by atoms with Crippen molar-refractivity contribution >= 4 is 20.8 Å². The van der Waals surface area contributed by atoms with Gasteiger partial charge >= 0.3 is 0 Å². The van der Waals surface area contributed by atoms with Gasteiger partial charge in [0.1, 0.15) is 0 Å². The standard InChI is InChI=1S/C6H19NSi2/c1-5(7(8)9)6(2,3)4/h5H,1-4,8-9H3/t5-/m1/s1. The SMILES string of the molecule is C[C@@H](N([SiH3])[SiH3])C(C)(C)C. The van der Waals surface area contributed by atoms with Gasteiger partial charge in [0.15, 0.2) is 0 Å². The van der Waals surface area contributed by atoms with Crippen LogP contribution >= 0.6 is 0 Å². The van der Waals surface area contributed by atoms with Gasteiger partial charge in [0.25, 0.3) is 0 Å². The van der Waals surface area contributed by atoms with Crippen molar-refractivity contribution in [3.05, 3.63) is 0 Å². The van der Waals surface area contributed by atoms with E-state index in [2.05, 4.69) is 31.9 Å². The predicted molar refractivity (Wildman–Crippen MR) is 50.6 cm³/mol. The lowest BCUT2D eigenvalue weighted by atomic mass is 9.89. The minimum absolute atomic E-state index is 0.476. The van der Waals surface area contributed by atoms with Crippen LogP contribution in [0.4, 0.5) is 0 Å². The first-order valence-corrected chi connectivity index (χ1v) is 5.31. The second-order valence-corrected chi connectivity index (χ2v) is 8.62. The second-order valence-electron chi connectivity index (χ2n) is 4.01. The van der Waals surface area contributed by atoms with Crippen LogP contribution in [0.25, 0.3) is 0 Å². The summed E-state index contributed by atoms with van der Waals surface area (Å²) in [7, 11) is 2.46. The van der Waals surface area contributed by atoms with E-state index < -0.39 is 0 Å². The molecule has 0 rings (SSSR count). The van der Waals surface area contributed by atoms with Crippen molar-refractivity contribution in [1.29, 1.82) is 0 Å². The molecule has 0 N–H and O–H groups in total. The zero-order valence-electron chi connectivity index (χ0n) is 7.52. The van der Waals surface area contributed by atoms with Crippen LogP contribution in [-0.2, 0) is 0 Å². The maximum absolute atomic E-state index is 2.53. The molecule has 0 aromatic heterocycles. The van der Waals surface area contributed by atoms with Crippen LogP contribution in [0.5, 0.6) is 0 Å². The van der Waals surface area contributed by atoms with Gasteiger partial charge in [-0.2, -0.15) is 0 Å². The van der Waals surface area contributed by atoms with Crippen LogP contribution in [0.2, 0.25) is 0 Å². The van der Waals surface area contributed by atoms with E-state index in [0.29, 0.717) is 5.41 Å². The Morgan fingerprint density at radius 2 is 1.56 bits per heavy atom. The summed E-state index contributed by atoms with van der Waals surface area (Å²) in [5.41, 5.74) is 0.476. The normalized spacial score (nSPS) is 17.0. The molecule has 0 spiro atoms. The summed E-state index contributed by atoms with van der Waals surface area (Å²) in [4.78, 5) is 0. The van der Waals surface area contributed by atoms with Crippen molar-refractivity contribution in [2.24, 2.45) is 5.41 Å². The molecule has 0 aliphatic rings. The fraction of sp³-hybridized carbons (Fsp3) is 1.00. The lowest BCUT2D eigenvalue weighted by Gasteiger charge is -2.33. The van der Waals surface area contributed by atoms with Crippen LogP contribution < -0.4 is 0 Å². The molecule has 0 saturated carbocycles. The molecule has 1 nitrogen and oxygen atoms in total. The summed E-state index contributed by atoms with van der Waals surface area (Å²) >= 11 is 0. The van der Waals surface area contributed by atoms with E-state index in [9.17, 15) is 0 Å². The zero-order valence-corrected chi connectivity index (χ0v) is 11.5. The molecule has 0 amide bonds. The topological polar surface area (TPSA) is 3.24 Å². The van der Waals surface area contributed by atoms with Gasteiger partial charge in [0.05, 0.1) is 20.8 Å². The van der Waals surface area contributed by atoms with Crippen molar-refractivity contribution in [1.82, 2.24) is 4.23 Å². The van der Waals surface area contributed by atoms with Crippen molar-refractivity contribution in [3.8, 4) is 0 Å². The van der Waals surface area contributed by atoms with Crippen LogP contribution in [-0.4, -0.2) is 31.1 Å². The first kappa shape index (κ1) is 9.39. The van der Waals surface area contributed by atoms with Gasteiger partial charge in [0, 0.05) is 0 Å². The van der Waals surface area contributed by atoms with E-state index in [0.717, 1.165) is 6.04 Å². The Hall–Kier alpha value is 0.394. The molecule has 0 bridgehead atoms. The highest BCUT2D eigenvalue weighted by molar-refractivity contribution is 6.25. The van der Waals surface area contributed by atoms with Crippen molar-refractivity contribution in [2.75, 3.05) is 0 Å². The summed E-state index contributed by atoms with van der Waals surface area (Å²) in [6, 6.07) is 0.774. The third-order valence-electron chi connectivity index (χ3n) is 2.03. The molecule has 56 valence electrons. The number of hydrogen-bond acceptors (Lipinski definition) is 1. The Morgan fingerprint density at radius 1 is 1.22 bits per heavy atom. The number of hydrogen-bond donors (Lipinski definition) is 0. The minimum atomic E-state index is 0.476. The Morgan fingerprint density at radius 3 is 1.56 bits per heavy atom. The molecule has 0 aromatic carbocycles. The van der Waals surface area contributed by atoms with Gasteiger partial charge in [0.2, 0.25) is 0 Å². The Bertz CT molecular complexity index is 85.5. The lowest BCUT2D eigenvalue weighted by Crippen LogP contribution is -2.38. The van der Waals surface area contributed by atoms with Gasteiger partial charge in [-0.3, -0.25) is 0 Å². The fourth-order valence-electron chi connectivity index (χ4n) is 0.775. The van der Waals surface area contributed by atoms with Gasteiger partial charge in [-0.15, -0.1) is 0 Å². The Kier molecular flexibility index (Phi) is 3.12. The monoisotopic (exact) mass is 161 g/mol. The first-order chi connectivity index (χ1) is 3.85. The third-order valence-corrected chi connectivity index (χ3v) is 3.58.